The van der Waals surface area contributed by atoms with Gasteiger partial charge in [0.05, 0.1) is 22.1 Å². The smallest absolute Gasteiger partial charge is 0.240 e. The average Bonchev–Trinajstić information content (AvgIpc) is 3.81. The number of rotatable bonds is 4. The van der Waals surface area contributed by atoms with Crippen molar-refractivity contribution >= 4 is 43.6 Å². The van der Waals surface area contributed by atoms with E-state index in [1.807, 2.05) is 0 Å². The van der Waals surface area contributed by atoms with Gasteiger partial charge in [0.25, 0.3) is 0 Å². The highest BCUT2D eigenvalue weighted by Gasteiger charge is 2.36. The van der Waals surface area contributed by atoms with Crippen LogP contribution in [0.25, 0.3) is 89.2 Å². The molecule has 0 saturated heterocycles. The molecule has 5 nitrogen and oxygen atoms in total. The van der Waals surface area contributed by atoms with Crippen LogP contribution in [0.4, 0.5) is 0 Å². The molecule has 0 unspecified atom stereocenters. The van der Waals surface area contributed by atoms with E-state index in [-0.39, 0.29) is 5.41 Å². The molecule has 0 bridgehead atoms. The zero-order chi connectivity index (χ0) is 35.3. The molecule has 0 N–H and O–H groups in total. The highest BCUT2D eigenvalue weighted by atomic mass is 15.3. The quantitative estimate of drug-likeness (QED) is 0.186. The molecule has 11 rings (SSSR count). The van der Waals surface area contributed by atoms with E-state index in [2.05, 4.69) is 187 Å². The van der Waals surface area contributed by atoms with E-state index >= 15 is 0 Å². The van der Waals surface area contributed by atoms with Crippen molar-refractivity contribution in [2.75, 3.05) is 0 Å². The first-order valence-corrected chi connectivity index (χ1v) is 18.1. The summed E-state index contributed by atoms with van der Waals surface area (Å²) in [6, 6.07) is 58.2. The molecule has 0 radical (unpaired) electrons. The summed E-state index contributed by atoms with van der Waals surface area (Å²) in [4.78, 5) is 15.9. The number of hydrogen-bond donors (Lipinski definition) is 0. The van der Waals surface area contributed by atoms with Crippen LogP contribution in [0.3, 0.4) is 0 Å². The van der Waals surface area contributed by atoms with Gasteiger partial charge in [-0.05, 0) is 63.7 Å². The molecule has 3 heterocycles. The predicted octanol–water partition coefficient (Wildman–Crippen LogP) is 11.7. The SMILES string of the molecule is CC1(C)c2ccccc2-c2c(-c3cccc(-c4nc(-n5c6ccccc6c6ccccc65)nc(-n5c6ccccc6c6ccccc65)n4)c3)cccc21. The lowest BCUT2D eigenvalue weighted by atomic mass is 9.82. The summed E-state index contributed by atoms with van der Waals surface area (Å²) in [5.41, 5.74) is 12.7. The average molecular weight is 680 g/mol. The maximum absolute atomic E-state index is 5.32. The minimum absolute atomic E-state index is 0.0812. The Kier molecular flexibility index (Phi) is 6.23. The van der Waals surface area contributed by atoms with Crippen molar-refractivity contribution in [2.24, 2.45) is 0 Å². The molecular weight excluding hydrogens is 647 g/mol. The maximum Gasteiger partial charge on any atom is 0.240 e. The van der Waals surface area contributed by atoms with Crippen LogP contribution in [0.2, 0.25) is 0 Å². The first kappa shape index (κ1) is 29.8. The summed E-state index contributed by atoms with van der Waals surface area (Å²) >= 11 is 0. The Hall–Kier alpha value is -6.85. The normalized spacial score (nSPS) is 13.2. The van der Waals surface area contributed by atoms with Crippen molar-refractivity contribution in [1.82, 2.24) is 24.1 Å². The molecule has 0 saturated carbocycles. The van der Waals surface area contributed by atoms with Crippen LogP contribution in [-0.2, 0) is 5.41 Å². The van der Waals surface area contributed by atoms with Gasteiger partial charge in [-0.1, -0.05) is 147 Å². The molecule has 0 atom stereocenters. The summed E-state index contributed by atoms with van der Waals surface area (Å²) < 4.78 is 4.36. The second-order valence-electron chi connectivity index (χ2n) is 14.5. The van der Waals surface area contributed by atoms with Crippen LogP contribution in [0, 0.1) is 0 Å². The van der Waals surface area contributed by atoms with Crippen molar-refractivity contribution in [3.63, 3.8) is 0 Å². The lowest BCUT2D eigenvalue weighted by Gasteiger charge is -2.21. The predicted molar refractivity (Wildman–Crippen MR) is 217 cm³/mol. The number of para-hydroxylation sites is 4. The summed E-state index contributed by atoms with van der Waals surface area (Å²) in [5.74, 6) is 1.76. The van der Waals surface area contributed by atoms with E-state index < -0.39 is 0 Å². The highest BCUT2D eigenvalue weighted by Crippen LogP contribution is 2.52. The minimum Gasteiger partial charge on any atom is -0.278 e. The van der Waals surface area contributed by atoms with Gasteiger partial charge in [-0.3, -0.25) is 9.13 Å². The second-order valence-corrected chi connectivity index (χ2v) is 14.5. The number of benzene rings is 7. The summed E-state index contributed by atoms with van der Waals surface area (Å²) in [7, 11) is 0. The summed E-state index contributed by atoms with van der Waals surface area (Å²) in [5, 5.41) is 4.64. The van der Waals surface area contributed by atoms with E-state index in [0.29, 0.717) is 17.7 Å². The summed E-state index contributed by atoms with van der Waals surface area (Å²) in [6.07, 6.45) is 0. The van der Waals surface area contributed by atoms with Crippen LogP contribution in [0.15, 0.2) is 164 Å². The van der Waals surface area contributed by atoms with E-state index in [4.69, 9.17) is 15.0 Å². The van der Waals surface area contributed by atoms with Gasteiger partial charge >= 0.3 is 0 Å². The Morgan fingerprint density at radius 2 is 0.830 bits per heavy atom. The third kappa shape index (κ3) is 4.28. The number of hydrogen-bond acceptors (Lipinski definition) is 3. The maximum atomic E-state index is 5.32. The van der Waals surface area contributed by atoms with Gasteiger partial charge < -0.3 is 0 Å². The fourth-order valence-corrected chi connectivity index (χ4v) is 8.78. The zero-order valence-corrected chi connectivity index (χ0v) is 29.3. The van der Waals surface area contributed by atoms with E-state index in [1.54, 1.807) is 0 Å². The van der Waals surface area contributed by atoms with Crippen LogP contribution in [-0.4, -0.2) is 24.1 Å². The fourth-order valence-electron chi connectivity index (χ4n) is 8.78. The molecule has 0 aliphatic heterocycles. The number of fused-ring (bicyclic) bond motifs is 9. The van der Waals surface area contributed by atoms with Gasteiger partial charge in [0, 0.05) is 32.5 Å². The van der Waals surface area contributed by atoms with Crippen LogP contribution >= 0.6 is 0 Å². The molecule has 53 heavy (non-hydrogen) atoms. The minimum atomic E-state index is -0.0812. The Morgan fingerprint density at radius 1 is 0.396 bits per heavy atom. The van der Waals surface area contributed by atoms with Gasteiger partial charge in [0.2, 0.25) is 11.9 Å². The largest absolute Gasteiger partial charge is 0.278 e. The van der Waals surface area contributed by atoms with E-state index in [0.717, 1.165) is 54.7 Å². The highest BCUT2D eigenvalue weighted by molar-refractivity contribution is 6.10. The Labute approximate surface area is 306 Å². The molecular formula is C48H33N5. The van der Waals surface area contributed by atoms with Crippen LogP contribution < -0.4 is 0 Å². The molecule has 10 aromatic rings. The molecule has 5 heteroatoms. The Balaban J connectivity index is 1.18. The van der Waals surface area contributed by atoms with Crippen molar-refractivity contribution in [3.05, 3.63) is 175 Å². The molecule has 0 fully saturated rings. The van der Waals surface area contributed by atoms with Gasteiger partial charge in [0.1, 0.15) is 0 Å². The first-order chi connectivity index (χ1) is 26.1. The third-order valence-corrected chi connectivity index (χ3v) is 11.2. The molecule has 3 aromatic heterocycles. The van der Waals surface area contributed by atoms with Crippen molar-refractivity contribution in [3.8, 4) is 45.5 Å². The van der Waals surface area contributed by atoms with Gasteiger partial charge in [-0.15, -0.1) is 0 Å². The van der Waals surface area contributed by atoms with E-state index in [1.165, 1.54) is 27.8 Å². The first-order valence-electron chi connectivity index (χ1n) is 18.1. The van der Waals surface area contributed by atoms with Gasteiger partial charge in [-0.25, -0.2) is 0 Å². The lowest BCUT2D eigenvalue weighted by molar-refractivity contribution is 0.660. The molecule has 7 aromatic carbocycles. The van der Waals surface area contributed by atoms with Crippen molar-refractivity contribution in [1.29, 1.82) is 0 Å². The third-order valence-electron chi connectivity index (χ3n) is 11.2. The zero-order valence-electron chi connectivity index (χ0n) is 29.3. The monoisotopic (exact) mass is 679 g/mol. The summed E-state index contributed by atoms with van der Waals surface area (Å²) in [6.45, 7) is 4.66. The number of aromatic nitrogens is 5. The fraction of sp³-hybridized carbons (Fsp3) is 0.0625. The Bertz CT molecular complexity index is 2870. The lowest BCUT2D eigenvalue weighted by Crippen LogP contribution is -2.14. The van der Waals surface area contributed by atoms with Gasteiger partial charge in [-0.2, -0.15) is 15.0 Å². The molecule has 1 aliphatic carbocycles. The number of nitrogens with zero attached hydrogens (tertiary/aromatic N) is 5. The Morgan fingerprint density at radius 3 is 1.40 bits per heavy atom. The molecule has 0 spiro atoms. The van der Waals surface area contributed by atoms with Crippen molar-refractivity contribution in [2.45, 2.75) is 19.3 Å². The molecule has 1 aliphatic rings. The standard InChI is InChI=1S/C48H33N5/c1-48(2)38-23-8-3-21-37(38)44-32(22-14-24-39(44)48)30-15-13-16-31(29-30)45-49-46(52-40-25-9-4-17-33(40)34-18-5-10-26-41(34)52)51-47(50-45)53-42-27-11-6-19-35(42)36-20-7-12-28-43(36)53/h3-29H,1-2H3. The van der Waals surface area contributed by atoms with E-state index in [9.17, 15) is 0 Å². The van der Waals surface area contributed by atoms with Crippen LogP contribution in [0.1, 0.15) is 25.0 Å². The second kappa shape index (κ2) is 11.1. The van der Waals surface area contributed by atoms with Gasteiger partial charge in [0.15, 0.2) is 5.82 Å². The van der Waals surface area contributed by atoms with Crippen molar-refractivity contribution < 1.29 is 0 Å². The molecule has 250 valence electrons. The topological polar surface area (TPSA) is 48.5 Å². The van der Waals surface area contributed by atoms with Crippen LogP contribution in [0.5, 0.6) is 0 Å². The molecule has 0 amide bonds.